The van der Waals surface area contributed by atoms with Gasteiger partial charge in [0.25, 0.3) is 5.91 Å². The lowest BCUT2D eigenvalue weighted by molar-refractivity contribution is 0.00668. The van der Waals surface area contributed by atoms with Gasteiger partial charge in [-0.15, -0.1) is 0 Å². The van der Waals surface area contributed by atoms with E-state index in [1.165, 1.54) is 0 Å². The van der Waals surface area contributed by atoms with Gasteiger partial charge in [0.05, 0.1) is 33.0 Å². The zero-order chi connectivity index (χ0) is 20.7. The maximum absolute atomic E-state index is 12.1. The first kappa shape index (κ1) is 24.4. The van der Waals surface area contributed by atoms with E-state index in [0.29, 0.717) is 64.2 Å². The van der Waals surface area contributed by atoms with Gasteiger partial charge in [0.15, 0.2) is 0 Å². The SMILES string of the molecule is COCCCOCCOCCOCCOc1ccc(C(=O)NC(C)(C)C)cc1. The van der Waals surface area contributed by atoms with Crippen LogP contribution < -0.4 is 10.1 Å². The van der Waals surface area contributed by atoms with E-state index in [-0.39, 0.29) is 11.4 Å². The number of nitrogens with one attached hydrogen (secondary N) is 1. The number of hydrogen-bond acceptors (Lipinski definition) is 6. The van der Waals surface area contributed by atoms with E-state index in [0.717, 1.165) is 6.42 Å². The van der Waals surface area contributed by atoms with Crippen LogP contribution in [0.1, 0.15) is 37.6 Å². The zero-order valence-corrected chi connectivity index (χ0v) is 17.6. The van der Waals surface area contributed by atoms with Crippen molar-refractivity contribution in [2.75, 3.05) is 60.0 Å². The van der Waals surface area contributed by atoms with Crippen molar-refractivity contribution in [1.82, 2.24) is 5.32 Å². The highest BCUT2D eigenvalue weighted by molar-refractivity contribution is 5.94. The van der Waals surface area contributed by atoms with Crippen LogP contribution in [0, 0.1) is 0 Å². The molecule has 0 radical (unpaired) electrons. The Hall–Kier alpha value is -1.67. The number of ether oxygens (including phenoxy) is 5. The number of benzene rings is 1. The van der Waals surface area contributed by atoms with Crippen LogP contribution in [0.5, 0.6) is 5.75 Å². The number of carbonyl (C=O) groups excluding carboxylic acids is 1. The first-order chi connectivity index (χ1) is 13.4. The smallest absolute Gasteiger partial charge is 0.251 e. The third-order valence-corrected chi connectivity index (χ3v) is 3.48. The molecule has 1 aromatic carbocycles. The van der Waals surface area contributed by atoms with Crippen LogP contribution in [0.3, 0.4) is 0 Å². The molecule has 1 N–H and O–H groups in total. The van der Waals surface area contributed by atoms with Crippen LogP contribution in [0.2, 0.25) is 0 Å². The quantitative estimate of drug-likeness (QED) is 0.459. The molecule has 28 heavy (non-hydrogen) atoms. The lowest BCUT2D eigenvalue weighted by atomic mass is 10.1. The van der Waals surface area contributed by atoms with Gasteiger partial charge in [-0.25, -0.2) is 0 Å². The molecule has 1 rings (SSSR count). The Kier molecular flexibility index (Phi) is 12.5. The molecule has 0 aliphatic carbocycles. The molecule has 0 fully saturated rings. The Morgan fingerprint density at radius 1 is 0.821 bits per heavy atom. The predicted molar refractivity (Wildman–Crippen MR) is 108 cm³/mol. The summed E-state index contributed by atoms with van der Waals surface area (Å²) in [6, 6.07) is 7.07. The van der Waals surface area contributed by atoms with Gasteiger partial charge in [-0.1, -0.05) is 0 Å². The number of hydrogen-bond donors (Lipinski definition) is 1. The Morgan fingerprint density at radius 2 is 1.36 bits per heavy atom. The van der Waals surface area contributed by atoms with Gasteiger partial charge in [-0.05, 0) is 51.5 Å². The van der Waals surface area contributed by atoms with Crippen molar-refractivity contribution in [3.63, 3.8) is 0 Å². The van der Waals surface area contributed by atoms with E-state index in [1.807, 2.05) is 20.8 Å². The van der Waals surface area contributed by atoms with Crippen LogP contribution in [-0.2, 0) is 18.9 Å². The van der Waals surface area contributed by atoms with E-state index in [1.54, 1.807) is 31.4 Å². The van der Waals surface area contributed by atoms with Crippen LogP contribution in [0.4, 0.5) is 0 Å². The van der Waals surface area contributed by atoms with Gasteiger partial charge in [-0.2, -0.15) is 0 Å². The van der Waals surface area contributed by atoms with Gasteiger partial charge >= 0.3 is 0 Å². The largest absolute Gasteiger partial charge is 0.491 e. The lowest BCUT2D eigenvalue weighted by Crippen LogP contribution is -2.40. The summed E-state index contributed by atoms with van der Waals surface area (Å²) < 4.78 is 26.8. The average Bonchev–Trinajstić information content (AvgIpc) is 2.64. The summed E-state index contributed by atoms with van der Waals surface area (Å²) in [6.45, 7) is 10.3. The van der Waals surface area contributed by atoms with Crippen molar-refractivity contribution in [3.05, 3.63) is 29.8 Å². The lowest BCUT2D eigenvalue weighted by Gasteiger charge is -2.20. The normalized spacial score (nSPS) is 11.4. The fraction of sp³-hybridized carbons (Fsp3) is 0.667. The second kappa shape index (κ2) is 14.3. The van der Waals surface area contributed by atoms with Gasteiger partial charge in [0.1, 0.15) is 12.4 Å². The van der Waals surface area contributed by atoms with Crippen molar-refractivity contribution in [1.29, 1.82) is 0 Å². The van der Waals surface area contributed by atoms with Crippen molar-refractivity contribution >= 4 is 5.91 Å². The van der Waals surface area contributed by atoms with E-state index in [4.69, 9.17) is 23.7 Å². The number of rotatable bonds is 15. The minimum Gasteiger partial charge on any atom is -0.491 e. The number of amides is 1. The molecular weight excluding hydrogens is 362 g/mol. The third-order valence-electron chi connectivity index (χ3n) is 3.48. The zero-order valence-electron chi connectivity index (χ0n) is 17.6. The summed E-state index contributed by atoms with van der Waals surface area (Å²) in [4.78, 5) is 12.1. The predicted octanol–water partition coefficient (Wildman–Crippen LogP) is 2.68. The summed E-state index contributed by atoms with van der Waals surface area (Å²) in [7, 11) is 1.68. The number of carbonyl (C=O) groups is 1. The highest BCUT2D eigenvalue weighted by Crippen LogP contribution is 2.13. The summed E-state index contributed by atoms with van der Waals surface area (Å²) in [6.07, 6.45) is 0.895. The van der Waals surface area contributed by atoms with Crippen molar-refractivity contribution < 1.29 is 28.5 Å². The fourth-order valence-corrected chi connectivity index (χ4v) is 2.18. The van der Waals surface area contributed by atoms with Crippen molar-refractivity contribution in [3.8, 4) is 5.75 Å². The molecule has 1 amide bonds. The minimum absolute atomic E-state index is 0.0947. The van der Waals surface area contributed by atoms with Crippen molar-refractivity contribution in [2.24, 2.45) is 0 Å². The molecule has 160 valence electrons. The molecule has 7 heteroatoms. The highest BCUT2D eigenvalue weighted by atomic mass is 16.6. The minimum atomic E-state index is -0.260. The van der Waals surface area contributed by atoms with Crippen LogP contribution in [0.15, 0.2) is 24.3 Å². The molecule has 1 aromatic rings. The Labute approximate surface area is 168 Å². The maximum Gasteiger partial charge on any atom is 0.251 e. The van der Waals surface area contributed by atoms with E-state index >= 15 is 0 Å². The fourth-order valence-electron chi connectivity index (χ4n) is 2.18. The highest BCUT2D eigenvalue weighted by Gasteiger charge is 2.14. The van der Waals surface area contributed by atoms with Gasteiger partial charge < -0.3 is 29.0 Å². The molecule has 7 nitrogen and oxygen atoms in total. The van der Waals surface area contributed by atoms with E-state index < -0.39 is 0 Å². The average molecular weight is 398 g/mol. The molecule has 0 spiro atoms. The molecule has 0 atom stereocenters. The van der Waals surface area contributed by atoms with Crippen LogP contribution in [-0.4, -0.2) is 71.4 Å². The first-order valence-electron chi connectivity index (χ1n) is 9.70. The molecule has 0 unspecified atom stereocenters. The summed E-state index contributed by atoms with van der Waals surface area (Å²) >= 11 is 0. The topological polar surface area (TPSA) is 75.2 Å². The van der Waals surface area contributed by atoms with Crippen LogP contribution >= 0.6 is 0 Å². The molecule has 0 saturated heterocycles. The van der Waals surface area contributed by atoms with Gasteiger partial charge in [0.2, 0.25) is 0 Å². The summed E-state index contributed by atoms with van der Waals surface area (Å²) in [5.74, 6) is 0.612. The molecular formula is C21H35NO6. The molecule has 0 aromatic heterocycles. The maximum atomic E-state index is 12.1. The Balaban J connectivity index is 2.01. The summed E-state index contributed by atoms with van der Waals surface area (Å²) in [5.41, 5.74) is 0.350. The molecule has 0 bridgehead atoms. The second-order valence-electron chi connectivity index (χ2n) is 7.26. The molecule has 0 heterocycles. The van der Waals surface area contributed by atoms with Crippen molar-refractivity contribution in [2.45, 2.75) is 32.7 Å². The van der Waals surface area contributed by atoms with E-state index in [9.17, 15) is 4.79 Å². The molecule has 0 aliphatic heterocycles. The van der Waals surface area contributed by atoms with Crippen LogP contribution in [0.25, 0.3) is 0 Å². The summed E-state index contributed by atoms with van der Waals surface area (Å²) in [5, 5.41) is 2.93. The molecule has 0 aliphatic rings. The first-order valence-corrected chi connectivity index (χ1v) is 9.70. The Morgan fingerprint density at radius 3 is 1.89 bits per heavy atom. The standard InChI is InChI=1S/C21H35NO6/c1-21(2,3)22-20(23)18-6-8-19(9-7-18)28-17-16-27-15-14-26-13-12-25-11-5-10-24-4/h6-9H,5,10-17H2,1-4H3,(H,22,23). The third kappa shape index (κ3) is 12.7. The van der Waals surface area contributed by atoms with E-state index in [2.05, 4.69) is 5.32 Å². The Bertz CT molecular complexity index is 527. The monoisotopic (exact) mass is 397 g/mol. The number of methoxy groups -OCH3 is 1. The molecule has 0 saturated carbocycles. The van der Waals surface area contributed by atoms with Gasteiger partial charge in [0, 0.05) is 31.4 Å². The second-order valence-corrected chi connectivity index (χ2v) is 7.26. The van der Waals surface area contributed by atoms with Gasteiger partial charge in [-0.3, -0.25) is 4.79 Å².